The van der Waals surface area contributed by atoms with Crippen LogP contribution in [0.1, 0.15) is 16.9 Å². The van der Waals surface area contributed by atoms with Crippen molar-refractivity contribution in [2.45, 2.75) is 13.5 Å². The number of rotatable bonds is 9. The van der Waals surface area contributed by atoms with Crippen LogP contribution >= 0.6 is 0 Å². The van der Waals surface area contributed by atoms with Crippen LogP contribution < -0.4 is 14.8 Å². The fourth-order valence-corrected chi connectivity index (χ4v) is 2.42. The Morgan fingerprint density at radius 3 is 2.72 bits per heavy atom. The molecule has 0 atom stereocenters. The molecule has 1 heterocycles. The summed E-state index contributed by atoms with van der Waals surface area (Å²) in [6.07, 6.45) is 1.48. The maximum absolute atomic E-state index is 11.7. The number of oxime groups is 1. The molecule has 0 bridgehead atoms. The Hall–Kier alpha value is -3.81. The third-order valence-corrected chi connectivity index (χ3v) is 3.79. The molecule has 0 saturated carbocycles. The van der Waals surface area contributed by atoms with Crippen LogP contribution in [-0.2, 0) is 16.2 Å². The fraction of sp³-hybridized carbons (Fsp3) is 0.190. The van der Waals surface area contributed by atoms with Crippen molar-refractivity contribution in [3.63, 3.8) is 0 Å². The molecule has 2 aromatic carbocycles. The van der Waals surface area contributed by atoms with Gasteiger partial charge in [-0.2, -0.15) is 0 Å². The van der Waals surface area contributed by atoms with E-state index in [1.54, 1.807) is 32.2 Å². The minimum absolute atomic E-state index is 0.252. The first-order valence-corrected chi connectivity index (χ1v) is 8.87. The van der Waals surface area contributed by atoms with E-state index in [0.29, 0.717) is 29.7 Å². The number of nitrogens with one attached hydrogen (secondary N) is 1. The van der Waals surface area contributed by atoms with E-state index in [1.807, 2.05) is 36.4 Å². The molecule has 8 heteroatoms. The average molecular weight is 395 g/mol. The summed E-state index contributed by atoms with van der Waals surface area (Å²) in [5.74, 6) is 1.73. The van der Waals surface area contributed by atoms with Gasteiger partial charge in [0.05, 0.1) is 13.3 Å². The number of benzene rings is 2. The van der Waals surface area contributed by atoms with Gasteiger partial charge in [-0.05, 0) is 30.7 Å². The van der Waals surface area contributed by atoms with E-state index in [2.05, 4.69) is 15.6 Å². The number of ether oxygens (including phenoxy) is 2. The first-order chi connectivity index (χ1) is 14.1. The lowest BCUT2D eigenvalue weighted by atomic mass is 10.2. The Kier molecular flexibility index (Phi) is 6.83. The van der Waals surface area contributed by atoms with Crippen molar-refractivity contribution in [1.29, 1.82) is 0 Å². The summed E-state index contributed by atoms with van der Waals surface area (Å²) in [5.41, 5.74) is 1.80. The highest BCUT2D eigenvalue weighted by Gasteiger charge is 2.07. The van der Waals surface area contributed by atoms with Gasteiger partial charge in [-0.25, -0.2) is 0 Å². The Labute approximate surface area is 168 Å². The van der Waals surface area contributed by atoms with Gasteiger partial charge in [0, 0.05) is 11.6 Å². The second-order valence-electron chi connectivity index (χ2n) is 6.06. The van der Waals surface area contributed by atoms with Crippen LogP contribution in [0.4, 0.5) is 5.82 Å². The van der Waals surface area contributed by atoms with Crippen molar-refractivity contribution < 1.29 is 23.6 Å². The molecule has 0 fully saturated rings. The van der Waals surface area contributed by atoms with Crippen LogP contribution in [0.5, 0.6) is 11.5 Å². The minimum atomic E-state index is -0.391. The van der Waals surface area contributed by atoms with Crippen molar-refractivity contribution in [3.05, 3.63) is 71.5 Å². The Morgan fingerprint density at radius 1 is 1.17 bits per heavy atom. The van der Waals surface area contributed by atoms with E-state index < -0.39 is 5.91 Å². The largest absolute Gasteiger partial charge is 0.493 e. The highest BCUT2D eigenvalue weighted by Crippen LogP contribution is 2.28. The number of hydrogen-bond donors (Lipinski definition) is 1. The van der Waals surface area contributed by atoms with Crippen LogP contribution in [0, 0.1) is 6.92 Å². The van der Waals surface area contributed by atoms with Gasteiger partial charge >= 0.3 is 0 Å². The lowest BCUT2D eigenvalue weighted by Gasteiger charge is -2.11. The first-order valence-electron chi connectivity index (χ1n) is 8.87. The third kappa shape index (κ3) is 6.10. The Morgan fingerprint density at radius 2 is 2.00 bits per heavy atom. The quantitative estimate of drug-likeness (QED) is 0.440. The molecule has 0 saturated heterocycles. The van der Waals surface area contributed by atoms with E-state index in [1.165, 1.54) is 6.21 Å². The molecule has 1 N–H and O–H groups in total. The number of methoxy groups -OCH3 is 1. The summed E-state index contributed by atoms with van der Waals surface area (Å²) in [6, 6.07) is 16.8. The lowest BCUT2D eigenvalue weighted by molar-refractivity contribution is -0.120. The number of nitrogens with zero attached hydrogens (tertiary/aromatic N) is 2. The van der Waals surface area contributed by atoms with Gasteiger partial charge in [0.1, 0.15) is 12.4 Å². The fourth-order valence-electron chi connectivity index (χ4n) is 2.42. The Bertz CT molecular complexity index is 969. The topological polar surface area (TPSA) is 95.2 Å². The van der Waals surface area contributed by atoms with E-state index in [4.69, 9.17) is 18.8 Å². The molecule has 3 rings (SSSR count). The SMILES string of the molecule is COc1cc(C=NOCC(=O)Nc2cc(C)on2)ccc1OCc1ccccc1. The predicted octanol–water partition coefficient (Wildman–Crippen LogP) is 3.56. The molecule has 29 heavy (non-hydrogen) atoms. The Balaban J connectivity index is 1.50. The molecular weight excluding hydrogens is 374 g/mol. The molecule has 1 aromatic heterocycles. The number of amides is 1. The summed E-state index contributed by atoms with van der Waals surface area (Å²) in [4.78, 5) is 16.8. The number of hydrogen-bond acceptors (Lipinski definition) is 7. The molecule has 0 aliphatic carbocycles. The van der Waals surface area contributed by atoms with Crippen LogP contribution in [0.3, 0.4) is 0 Å². The molecule has 0 aliphatic heterocycles. The number of carbonyl (C=O) groups is 1. The molecule has 3 aromatic rings. The summed E-state index contributed by atoms with van der Waals surface area (Å²) in [7, 11) is 1.57. The molecule has 150 valence electrons. The third-order valence-electron chi connectivity index (χ3n) is 3.79. The van der Waals surface area contributed by atoms with Gasteiger partial charge < -0.3 is 24.2 Å². The van der Waals surface area contributed by atoms with Gasteiger partial charge in [-0.3, -0.25) is 4.79 Å². The smallest absolute Gasteiger partial charge is 0.266 e. The first kappa shape index (κ1) is 19.9. The van der Waals surface area contributed by atoms with E-state index in [9.17, 15) is 4.79 Å². The zero-order valence-corrected chi connectivity index (χ0v) is 16.1. The highest BCUT2D eigenvalue weighted by molar-refractivity contribution is 5.90. The average Bonchev–Trinajstić information content (AvgIpc) is 3.15. The zero-order chi connectivity index (χ0) is 20.5. The van der Waals surface area contributed by atoms with Crippen LogP contribution in [-0.4, -0.2) is 31.0 Å². The normalized spacial score (nSPS) is 10.7. The summed E-state index contributed by atoms with van der Waals surface area (Å²) in [6.45, 7) is 1.92. The number of aromatic nitrogens is 1. The summed E-state index contributed by atoms with van der Waals surface area (Å²) >= 11 is 0. The zero-order valence-electron chi connectivity index (χ0n) is 16.1. The lowest BCUT2D eigenvalue weighted by Crippen LogP contribution is -2.17. The van der Waals surface area contributed by atoms with Gasteiger partial charge in [0.2, 0.25) is 0 Å². The van der Waals surface area contributed by atoms with Gasteiger partial charge in [0.15, 0.2) is 23.9 Å². The van der Waals surface area contributed by atoms with Crippen molar-refractivity contribution in [2.24, 2.45) is 5.16 Å². The van der Waals surface area contributed by atoms with Crippen LogP contribution in [0.15, 0.2) is 64.3 Å². The molecule has 8 nitrogen and oxygen atoms in total. The van der Waals surface area contributed by atoms with Crippen molar-refractivity contribution in [2.75, 3.05) is 19.0 Å². The summed E-state index contributed by atoms with van der Waals surface area (Å²) in [5, 5.41) is 10.0. The van der Waals surface area contributed by atoms with Crippen molar-refractivity contribution in [1.82, 2.24) is 5.16 Å². The molecule has 0 unspecified atom stereocenters. The molecule has 0 aliphatic rings. The number of aryl methyl sites for hydroxylation is 1. The summed E-state index contributed by atoms with van der Waals surface area (Å²) < 4.78 is 16.1. The molecule has 0 radical (unpaired) electrons. The van der Waals surface area contributed by atoms with Gasteiger partial charge in [0.25, 0.3) is 5.91 Å². The van der Waals surface area contributed by atoms with Crippen LogP contribution in [0.25, 0.3) is 0 Å². The van der Waals surface area contributed by atoms with Gasteiger partial charge in [-0.15, -0.1) is 0 Å². The second-order valence-corrected chi connectivity index (χ2v) is 6.06. The maximum atomic E-state index is 11.7. The van der Waals surface area contributed by atoms with Crippen molar-refractivity contribution in [3.8, 4) is 11.5 Å². The molecule has 0 spiro atoms. The molecular formula is C21H21N3O5. The highest BCUT2D eigenvalue weighted by atomic mass is 16.6. The minimum Gasteiger partial charge on any atom is -0.493 e. The maximum Gasteiger partial charge on any atom is 0.266 e. The van der Waals surface area contributed by atoms with Crippen molar-refractivity contribution >= 4 is 17.9 Å². The van der Waals surface area contributed by atoms with E-state index in [0.717, 1.165) is 11.1 Å². The molecule has 1 amide bonds. The van der Waals surface area contributed by atoms with Crippen LogP contribution in [0.2, 0.25) is 0 Å². The predicted molar refractivity (Wildman–Crippen MR) is 107 cm³/mol. The van der Waals surface area contributed by atoms with E-state index >= 15 is 0 Å². The van der Waals surface area contributed by atoms with E-state index in [-0.39, 0.29) is 6.61 Å². The number of carbonyl (C=O) groups excluding carboxylic acids is 1. The standard InChI is InChI=1S/C21H21N3O5/c1-15-10-20(24-29-15)23-21(25)14-28-22-12-17-8-9-18(19(11-17)26-2)27-13-16-6-4-3-5-7-16/h3-12H,13-14H2,1-2H3,(H,23,24,25). The monoisotopic (exact) mass is 395 g/mol. The number of anilines is 1. The second kappa shape index (κ2) is 9.93. The van der Waals surface area contributed by atoms with Gasteiger partial charge in [-0.1, -0.05) is 40.6 Å².